The zero-order valence-corrected chi connectivity index (χ0v) is 6.65. The summed E-state index contributed by atoms with van der Waals surface area (Å²) in [6.45, 7) is 0. The molecule has 1 aromatic rings. The van der Waals surface area contributed by atoms with Gasteiger partial charge in [0.25, 0.3) is 0 Å². The lowest BCUT2D eigenvalue weighted by atomic mass is 10.7. The third-order valence-electron chi connectivity index (χ3n) is 0.627. The summed E-state index contributed by atoms with van der Waals surface area (Å²) in [6.07, 6.45) is 3.36. The molecule has 0 amide bonds. The molecule has 0 saturated heterocycles. The Morgan fingerprint density at radius 1 is 1.67 bits per heavy atom. The number of anilines is 1. The van der Waals surface area contributed by atoms with Gasteiger partial charge in [0.05, 0.1) is 6.20 Å². The summed E-state index contributed by atoms with van der Waals surface area (Å²) in [4.78, 5) is 6.40. The van der Waals surface area contributed by atoms with Crippen LogP contribution >= 0.6 is 0 Å². The zero-order valence-electron chi connectivity index (χ0n) is 5.84. The number of H-pyrrole nitrogens is 1. The highest BCUT2D eigenvalue weighted by Gasteiger charge is 1.85. The van der Waals surface area contributed by atoms with Gasteiger partial charge in [-0.25, -0.2) is 13.4 Å². The Labute approximate surface area is 68.8 Å². The van der Waals surface area contributed by atoms with E-state index in [-0.39, 0.29) is 0 Å². The third-order valence-corrected chi connectivity index (χ3v) is 0.627. The summed E-state index contributed by atoms with van der Waals surface area (Å²) in [5.74, 6) is 0.447. The number of hydrogen-bond acceptors (Lipinski definition) is 5. The molecule has 8 heteroatoms. The van der Waals surface area contributed by atoms with Gasteiger partial charge < -0.3 is 4.55 Å². The molecule has 0 aromatic carbocycles. The summed E-state index contributed by atoms with van der Waals surface area (Å²) in [6, 6.07) is 1.77. The number of aromatic nitrogens is 2. The fraction of sp³-hybridized carbons (Fsp3) is 0. The maximum atomic E-state index is 8.63. The number of hydrogen-bond donors (Lipinski definition) is 2. The van der Waals surface area contributed by atoms with Crippen LogP contribution in [0.2, 0.25) is 0 Å². The van der Waals surface area contributed by atoms with Gasteiger partial charge in [0, 0.05) is 6.07 Å². The first-order chi connectivity index (χ1) is 5.39. The van der Waals surface area contributed by atoms with Crippen LogP contribution in [0.15, 0.2) is 18.5 Å². The highest BCUT2D eigenvalue weighted by atomic mass is 32.3. The van der Waals surface area contributed by atoms with Gasteiger partial charge in [-0.2, -0.15) is 0 Å². The third kappa shape index (κ3) is 11.5. The van der Waals surface area contributed by atoms with Crippen LogP contribution in [-0.4, -0.2) is 22.5 Å². The Kier molecular flexibility index (Phi) is 4.11. The van der Waals surface area contributed by atoms with Crippen molar-refractivity contribution < 1.29 is 22.5 Å². The van der Waals surface area contributed by atoms with Gasteiger partial charge >= 0.3 is 5.95 Å². The molecule has 0 saturated carbocycles. The summed E-state index contributed by atoms with van der Waals surface area (Å²) in [5.41, 5.74) is 5.19. The molecule has 12 heavy (non-hydrogen) atoms. The van der Waals surface area contributed by atoms with E-state index in [0.29, 0.717) is 5.95 Å². The standard InChI is InChI=1S/C4H5N3.H2O4S/c5-4-6-2-1-3-7-4;1-5(2,3)4/h1-3H,(H2,5,6,7);(H2,1,2,3,4). The van der Waals surface area contributed by atoms with Crippen LogP contribution < -0.4 is 10.7 Å². The second-order valence-corrected chi connectivity index (χ2v) is 2.45. The highest BCUT2D eigenvalue weighted by molar-refractivity contribution is 7.79. The van der Waals surface area contributed by atoms with Crippen molar-refractivity contribution in [3.05, 3.63) is 18.5 Å². The van der Waals surface area contributed by atoms with Crippen molar-refractivity contribution in [1.29, 1.82) is 0 Å². The van der Waals surface area contributed by atoms with Crippen LogP contribution in [0.4, 0.5) is 5.95 Å². The molecule has 0 spiro atoms. The van der Waals surface area contributed by atoms with Gasteiger partial charge in [0.1, 0.15) is 6.20 Å². The maximum Gasteiger partial charge on any atom is 0.386 e. The van der Waals surface area contributed by atoms with Crippen molar-refractivity contribution in [3.63, 3.8) is 0 Å². The molecule has 0 bridgehead atoms. The molecule has 7 nitrogen and oxygen atoms in total. The van der Waals surface area contributed by atoms with E-state index in [0.717, 1.165) is 0 Å². The zero-order chi connectivity index (χ0) is 9.61. The first-order valence-corrected chi connectivity index (χ1v) is 4.02. The molecule has 0 unspecified atom stereocenters. The minimum atomic E-state index is -4.92. The lowest BCUT2D eigenvalue weighted by Gasteiger charge is -1.88. The molecule has 0 aliphatic rings. The Balaban J connectivity index is 0.000000217. The van der Waals surface area contributed by atoms with Crippen LogP contribution in [0.25, 0.3) is 0 Å². The maximum absolute atomic E-state index is 8.63. The van der Waals surface area contributed by atoms with Crippen molar-refractivity contribution in [2.75, 3.05) is 5.73 Å². The molecule has 1 heterocycles. The smallest absolute Gasteiger partial charge is 0.386 e. The molecule has 0 aliphatic heterocycles. The lowest BCUT2D eigenvalue weighted by molar-refractivity contribution is -0.364. The molecule has 0 aliphatic carbocycles. The Morgan fingerprint density at radius 3 is 2.33 bits per heavy atom. The quantitative estimate of drug-likeness (QED) is 0.380. The fourth-order valence-electron chi connectivity index (χ4n) is 0.337. The predicted octanol–water partition coefficient (Wildman–Crippen LogP) is -1.52. The minimum absolute atomic E-state index is 0.447. The SMILES string of the molecule is Nc1nccc[nH+]1.O=S(=O)([O-])O. The Bertz CT molecular complexity index is 302. The van der Waals surface area contributed by atoms with E-state index >= 15 is 0 Å². The van der Waals surface area contributed by atoms with Crippen LogP contribution in [0.5, 0.6) is 0 Å². The average molecular weight is 193 g/mol. The molecule has 0 atom stereocenters. The lowest BCUT2D eigenvalue weighted by Crippen LogP contribution is -2.09. The topological polar surface area (TPSA) is 130 Å². The van der Waals surface area contributed by atoms with Gasteiger partial charge in [-0.15, -0.1) is 0 Å². The largest absolute Gasteiger partial charge is 0.726 e. The molecule has 1 rings (SSSR count). The highest BCUT2D eigenvalue weighted by Crippen LogP contribution is 1.74. The summed E-state index contributed by atoms with van der Waals surface area (Å²) in [5, 5.41) is 0. The van der Waals surface area contributed by atoms with Crippen LogP contribution in [0, 0.1) is 0 Å². The summed E-state index contributed by atoms with van der Waals surface area (Å²) < 4.78 is 32.8. The number of nitrogen functional groups attached to an aromatic ring is 1. The van der Waals surface area contributed by atoms with Gasteiger partial charge in [-0.05, 0) is 0 Å². The molecule has 4 N–H and O–H groups in total. The monoisotopic (exact) mass is 193 g/mol. The number of nitrogens with zero attached hydrogens (tertiary/aromatic N) is 1. The minimum Gasteiger partial charge on any atom is -0.726 e. The Hall–Kier alpha value is -1.25. The second-order valence-electron chi connectivity index (χ2n) is 1.59. The van der Waals surface area contributed by atoms with Gasteiger partial charge in [-0.3, -0.25) is 10.3 Å². The van der Waals surface area contributed by atoms with Crippen LogP contribution in [-0.2, 0) is 10.4 Å². The second kappa shape index (κ2) is 4.59. The van der Waals surface area contributed by atoms with E-state index in [9.17, 15) is 0 Å². The summed E-state index contributed by atoms with van der Waals surface area (Å²) in [7, 11) is -4.92. The normalized spacial score (nSPS) is 9.83. The molecular formula is C4H7N3O4S. The summed E-state index contributed by atoms with van der Waals surface area (Å²) >= 11 is 0. The number of aromatic amines is 1. The van der Waals surface area contributed by atoms with Gasteiger partial charge in [0.15, 0.2) is 0 Å². The van der Waals surface area contributed by atoms with Crippen molar-refractivity contribution in [2.45, 2.75) is 0 Å². The van der Waals surface area contributed by atoms with Crippen molar-refractivity contribution in [1.82, 2.24) is 4.98 Å². The molecular weight excluding hydrogens is 186 g/mol. The first kappa shape index (κ1) is 10.8. The van der Waals surface area contributed by atoms with Gasteiger partial charge in [0.2, 0.25) is 10.4 Å². The van der Waals surface area contributed by atoms with E-state index in [2.05, 4.69) is 9.97 Å². The van der Waals surface area contributed by atoms with Gasteiger partial charge in [-0.1, -0.05) is 4.98 Å². The van der Waals surface area contributed by atoms with E-state index in [1.54, 1.807) is 18.5 Å². The van der Waals surface area contributed by atoms with Crippen LogP contribution in [0.3, 0.4) is 0 Å². The molecule has 1 aromatic heterocycles. The molecule has 0 radical (unpaired) electrons. The molecule has 0 fully saturated rings. The number of nitrogens with one attached hydrogen (secondary N) is 1. The predicted molar refractivity (Wildman–Crippen MR) is 37.5 cm³/mol. The molecule has 68 valence electrons. The number of nitrogens with two attached hydrogens (primary N) is 1. The van der Waals surface area contributed by atoms with E-state index in [1.165, 1.54) is 0 Å². The van der Waals surface area contributed by atoms with E-state index in [1.807, 2.05) is 0 Å². The fourth-order valence-corrected chi connectivity index (χ4v) is 0.337. The number of rotatable bonds is 0. The van der Waals surface area contributed by atoms with E-state index in [4.69, 9.17) is 23.3 Å². The van der Waals surface area contributed by atoms with Crippen molar-refractivity contribution >= 4 is 16.3 Å². The van der Waals surface area contributed by atoms with Crippen LogP contribution in [0.1, 0.15) is 0 Å². The average Bonchev–Trinajstić information content (AvgIpc) is 1.85. The van der Waals surface area contributed by atoms with E-state index < -0.39 is 10.4 Å². The Morgan fingerprint density at radius 2 is 2.17 bits per heavy atom. The first-order valence-electron chi connectivity index (χ1n) is 2.66. The van der Waals surface area contributed by atoms with Crippen molar-refractivity contribution in [3.8, 4) is 0 Å². The van der Waals surface area contributed by atoms with Crippen molar-refractivity contribution in [2.24, 2.45) is 0 Å².